The van der Waals surface area contributed by atoms with Crippen molar-refractivity contribution >= 4 is 17.7 Å². The first kappa shape index (κ1) is 14.2. The number of nitrogens with zero attached hydrogens (tertiary/aromatic N) is 1. The third-order valence-corrected chi connectivity index (χ3v) is 4.08. The average Bonchev–Trinajstić information content (AvgIpc) is 2.46. The normalized spacial score (nSPS) is 16.1. The number of nitrogens with one attached hydrogen (secondary N) is 1. The van der Waals surface area contributed by atoms with Crippen LogP contribution < -0.4 is 10.1 Å². The van der Waals surface area contributed by atoms with Crippen molar-refractivity contribution in [1.29, 1.82) is 0 Å². The third-order valence-electron chi connectivity index (χ3n) is 3.14. The van der Waals surface area contributed by atoms with Crippen LogP contribution in [0.1, 0.15) is 5.56 Å². The second-order valence-corrected chi connectivity index (χ2v) is 5.70. The molecule has 1 aliphatic heterocycles. The molecule has 0 aromatic heterocycles. The van der Waals surface area contributed by atoms with Crippen molar-refractivity contribution in [2.45, 2.75) is 6.54 Å². The molecular formula is C14H20N2O2S. The Labute approximate surface area is 118 Å². The van der Waals surface area contributed by atoms with E-state index in [-0.39, 0.29) is 5.91 Å². The fourth-order valence-corrected chi connectivity index (χ4v) is 3.04. The van der Waals surface area contributed by atoms with Crippen molar-refractivity contribution in [2.75, 3.05) is 38.2 Å². The second-order valence-electron chi connectivity index (χ2n) is 4.48. The van der Waals surface area contributed by atoms with E-state index in [2.05, 4.69) is 10.2 Å². The molecule has 0 aliphatic carbocycles. The standard InChI is InChI=1S/C14H20N2O2S/c1-18-13-5-3-2-4-12(13)10-15-14(17)11-16-6-8-19-9-7-16/h2-5H,6-11H2,1H3,(H,15,17). The molecule has 0 unspecified atom stereocenters. The van der Waals surface area contributed by atoms with E-state index in [1.807, 2.05) is 36.0 Å². The largest absolute Gasteiger partial charge is 0.496 e. The maximum absolute atomic E-state index is 11.9. The van der Waals surface area contributed by atoms with Gasteiger partial charge in [0.05, 0.1) is 13.7 Å². The number of hydrogen-bond donors (Lipinski definition) is 1. The van der Waals surface area contributed by atoms with Crippen LogP contribution >= 0.6 is 11.8 Å². The Balaban J connectivity index is 1.79. The first-order chi connectivity index (χ1) is 9.29. The molecule has 1 fully saturated rings. The van der Waals surface area contributed by atoms with Crippen molar-refractivity contribution in [3.8, 4) is 5.75 Å². The van der Waals surface area contributed by atoms with Gasteiger partial charge in [-0.2, -0.15) is 11.8 Å². The summed E-state index contributed by atoms with van der Waals surface area (Å²) >= 11 is 1.95. The molecule has 4 nitrogen and oxygen atoms in total. The zero-order chi connectivity index (χ0) is 13.5. The van der Waals surface area contributed by atoms with Gasteiger partial charge in [0.25, 0.3) is 0 Å². The van der Waals surface area contributed by atoms with Crippen LogP contribution in [0.15, 0.2) is 24.3 Å². The summed E-state index contributed by atoms with van der Waals surface area (Å²) < 4.78 is 5.26. The highest BCUT2D eigenvalue weighted by molar-refractivity contribution is 7.99. The molecule has 104 valence electrons. The summed E-state index contributed by atoms with van der Waals surface area (Å²) in [5.41, 5.74) is 1.01. The van der Waals surface area contributed by atoms with Crippen molar-refractivity contribution in [2.24, 2.45) is 0 Å². The molecule has 1 amide bonds. The molecule has 1 aromatic rings. The van der Waals surface area contributed by atoms with E-state index in [1.54, 1.807) is 7.11 Å². The third kappa shape index (κ3) is 4.44. The maximum Gasteiger partial charge on any atom is 0.234 e. The van der Waals surface area contributed by atoms with Gasteiger partial charge in [-0.1, -0.05) is 18.2 Å². The number of hydrogen-bond acceptors (Lipinski definition) is 4. The van der Waals surface area contributed by atoms with Gasteiger partial charge in [-0.25, -0.2) is 0 Å². The van der Waals surface area contributed by atoms with Crippen LogP contribution in [0.4, 0.5) is 0 Å². The molecule has 1 N–H and O–H groups in total. The van der Waals surface area contributed by atoms with Gasteiger partial charge < -0.3 is 10.1 Å². The zero-order valence-electron chi connectivity index (χ0n) is 11.2. The Kier molecular flexibility index (Phi) is 5.54. The van der Waals surface area contributed by atoms with Crippen molar-refractivity contribution in [3.05, 3.63) is 29.8 Å². The molecule has 19 heavy (non-hydrogen) atoms. The predicted molar refractivity (Wildman–Crippen MR) is 78.6 cm³/mol. The fourth-order valence-electron chi connectivity index (χ4n) is 2.06. The number of thioether (sulfide) groups is 1. The summed E-state index contributed by atoms with van der Waals surface area (Å²) in [6, 6.07) is 7.75. The van der Waals surface area contributed by atoms with E-state index in [1.165, 1.54) is 0 Å². The van der Waals surface area contributed by atoms with Crippen molar-refractivity contribution in [3.63, 3.8) is 0 Å². The Morgan fingerprint density at radius 2 is 2.11 bits per heavy atom. The van der Waals surface area contributed by atoms with Crippen molar-refractivity contribution in [1.82, 2.24) is 10.2 Å². The van der Waals surface area contributed by atoms with E-state index in [0.29, 0.717) is 13.1 Å². The first-order valence-corrected chi connectivity index (χ1v) is 7.64. The molecule has 1 heterocycles. The van der Waals surface area contributed by atoms with Crippen LogP contribution in [-0.4, -0.2) is 49.1 Å². The molecule has 0 bridgehead atoms. The summed E-state index contributed by atoms with van der Waals surface area (Å²) in [7, 11) is 1.64. The van der Waals surface area contributed by atoms with Crippen LogP contribution in [0.3, 0.4) is 0 Å². The first-order valence-electron chi connectivity index (χ1n) is 6.48. The number of methoxy groups -OCH3 is 1. The average molecular weight is 280 g/mol. The molecule has 1 saturated heterocycles. The monoisotopic (exact) mass is 280 g/mol. The highest BCUT2D eigenvalue weighted by atomic mass is 32.2. The number of para-hydroxylation sites is 1. The van der Waals surface area contributed by atoms with Gasteiger partial charge in [-0.05, 0) is 6.07 Å². The minimum atomic E-state index is 0.0813. The van der Waals surface area contributed by atoms with E-state index in [4.69, 9.17) is 4.74 Å². The van der Waals surface area contributed by atoms with Crippen LogP contribution in [0.5, 0.6) is 5.75 Å². The van der Waals surface area contributed by atoms with E-state index in [0.717, 1.165) is 35.9 Å². The van der Waals surface area contributed by atoms with Crippen LogP contribution in [0, 0.1) is 0 Å². The number of amides is 1. The smallest absolute Gasteiger partial charge is 0.234 e. The highest BCUT2D eigenvalue weighted by Crippen LogP contribution is 2.16. The Hall–Kier alpha value is -1.20. The number of benzene rings is 1. The van der Waals surface area contributed by atoms with E-state index >= 15 is 0 Å². The van der Waals surface area contributed by atoms with Gasteiger partial charge in [0.2, 0.25) is 5.91 Å². The predicted octanol–water partition coefficient (Wildman–Crippen LogP) is 1.36. The highest BCUT2D eigenvalue weighted by Gasteiger charge is 2.14. The van der Waals surface area contributed by atoms with Crippen LogP contribution in [-0.2, 0) is 11.3 Å². The van der Waals surface area contributed by atoms with E-state index < -0.39 is 0 Å². The molecule has 2 rings (SSSR count). The summed E-state index contributed by atoms with van der Waals surface area (Å²) in [5, 5.41) is 2.95. The van der Waals surface area contributed by atoms with Gasteiger partial charge in [-0.3, -0.25) is 9.69 Å². The minimum Gasteiger partial charge on any atom is -0.496 e. The number of ether oxygens (including phenoxy) is 1. The molecule has 0 spiro atoms. The lowest BCUT2D eigenvalue weighted by atomic mass is 10.2. The van der Waals surface area contributed by atoms with Crippen LogP contribution in [0.2, 0.25) is 0 Å². The number of carbonyl (C=O) groups excluding carboxylic acids is 1. The molecule has 1 aromatic carbocycles. The second kappa shape index (κ2) is 7.40. The maximum atomic E-state index is 11.9. The lowest BCUT2D eigenvalue weighted by Gasteiger charge is -2.25. The summed E-state index contributed by atoms with van der Waals surface area (Å²) in [6.45, 7) is 3.03. The summed E-state index contributed by atoms with van der Waals surface area (Å²) in [6.07, 6.45) is 0. The van der Waals surface area contributed by atoms with Gasteiger partial charge in [0.15, 0.2) is 0 Å². The number of carbonyl (C=O) groups is 1. The van der Waals surface area contributed by atoms with Crippen molar-refractivity contribution < 1.29 is 9.53 Å². The molecule has 1 aliphatic rings. The molecular weight excluding hydrogens is 260 g/mol. The quantitative estimate of drug-likeness (QED) is 0.884. The van der Waals surface area contributed by atoms with Gasteiger partial charge in [0, 0.05) is 36.7 Å². The topological polar surface area (TPSA) is 41.6 Å². The molecule has 0 radical (unpaired) electrons. The minimum absolute atomic E-state index is 0.0813. The molecule has 5 heteroatoms. The SMILES string of the molecule is COc1ccccc1CNC(=O)CN1CCSCC1. The molecule has 0 atom stereocenters. The van der Waals surface area contributed by atoms with Gasteiger partial charge in [0.1, 0.15) is 5.75 Å². The van der Waals surface area contributed by atoms with Gasteiger partial charge >= 0.3 is 0 Å². The van der Waals surface area contributed by atoms with Crippen LogP contribution in [0.25, 0.3) is 0 Å². The number of rotatable bonds is 5. The fraction of sp³-hybridized carbons (Fsp3) is 0.500. The zero-order valence-corrected chi connectivity index (χ0v) is 12.0. The molecule has 0 saturated carbocycles. The lowest BCUT2D eigenvalue weighted by molar-refractivity contribution is -0.122. The summed E-state index contributed by atoms with van der Waals surface area (Å²) in [5.74, 6) is 3.15. The Morgan fingerprint density at radius 1 is 1.37 bits per heavy atom. The Bertz CT molecular complexity index is 420. The Morgan fingerprint density at radius 3 is 2.84 bits per heavy atom. The van der Waals surface area contributed by atoms with Gasteiger partial charge in [-0.15, -0.1) is 0 Å². The lowest BCUT2D eigenvalue weighted by Crippen LogP contribution is -2.41. The van der Waals surface area contributed by atoms with E-state index in [9.17, 15) is 4.79 Å². The summed E-state index contributed by atoms with van der Waals surface area (Å²) in [4.78, 5) is 14.1.